The second kappa shape index (κ2) is 18.0. The maximum atomic E-state index is 13.5. The molecule has 10 rings (SSSR count). The first kappa shape index (κ1) is 40.4. The number of thiophene rings is 5. The Bertz CT molecular complexity index is 3110. The molecule has 3 nitrogen and oxygen atoms in total. The van der Waals surface area contributed by atoms with Crippen LogP contribution in [0.2, 0.25) is 0 Å². The topological polar surface area (TPSA) is 44.1 Å². The van der Waals surface area contributed by atoms with Gasteiger partial charge in [-0.2, -0.15) is 5.26 Å². The summed E-state index contributed by atoms with van der Waals surface area (Å²) in [5.74, 6) is -0.0417. The maximum Gasteiger partial charge on any atom is 0.194 e. The summed E-state index contributed by atoms with van der Waals surface area (Å²) < 4.78 is 0. The Morgan fingerprint density at radius 1 is 0.492 bits per heavy atom. The van der Waals surface area contributed by atoms with Gasteiger partial charge in [-0.3, -0.25) is 4.79 Å². The second-order valence-corrected chi connectivity index (χ2v) is 20.1. The monoisotopic (exact) mass is 900 g/mol. The number of hydrogen-bond acceptors (Lipinski definition) is 8. The number of anilines is 3. The first-order valence-electron chi connectivity index (χ1n) is 20.3. The van der Waals surface area contributed by atoms with Gasteiger partial charge in [0, 0.05) is 78.4 Å². The zero-order valence-corrected chi connectivity index (χ0v) is 38.0. The molecule has 1 aliphatic rings. The highest BCUT2D eigenvalue weighted by Gasteiger charge is 2.31. The fourth-order valence-electron chi connectivity index (χ4n) is 7.70. The van der Waals surface area contributed by atoms with Crippen LogP contribution in [0.15, 0.2) is 180 Å². The van der Waals surface area contributed by atoms with Crippen LogP contribution in [0.5, 0.6) is 0 Å². The fourth-order valence-corrected chi connectivity index (χ4v) is 11.7. The standard InChI is InChI=1S/C55H36N2OS5/c1-36(35-56)54-48-8-2-3-9-49(48)55(58)50(54)34-47-28-31-53(63-47)39-14-20-42(21-15-39)57(40-16-10-37(11-17-40)51-29-26-45(61-51)24-22-43-6-4-32-59-43)41-18-12-38(13-19-41)52-30-27-46(62-52)25-23-44-7-5-33-60-44/h2-34H,1H3/b24-22+,25-23+,50-34-,54-36?. The van der Waals surface area contributed by atoms with Crippen LogP contribution < -0.4 is 4.90 Å². The lowest BCUT2D eigenvalue weighted by molar-refractivity contribution is 0.104. The number of carbonyl (C=O) groups is 1. The molecule has 9 aromatic rings. The lowest BCUT2D eigenvalue weighted by Gasteiger charge is -2.26. The van der Waals surface area contributed by atoms with Gasteiger partial charge in [0.2, 0.25) is 0 Å². The van der Waals surface area contributed by atoms with Crippen molar-refractivity contribution >= 4 is 115 Å². The summed E-state index contributed by atoms with van der Waals surface area (Å²) in [6, 6.07) is 57.6. The summed E-state index contributed by atoms with van der Waals surface area (Å²) in [4.78, 5) is 25.3. The SMILES string of the molecule is CC(C#N)=C1/C(=C/c2ccc(-c3ccc(N(c4ccc(-c5ccc(/C=C/c6cccs6)s5)cc4)c4ccc(-c5ccc(/C=C/c6cccs6)s5)cc4)cc3)s2)C(=O)c2ccccc21. The van der Waals surface area contributed by atoms with Crippen LogP contribution in [0.25, 0.3) is 67.3 Å². The molecule has 8 heteroatoms. The van der Waals surface area contributed by atoms with E-state index in [0.717, 1.165) is 43.5 Å². The highest BCUT2D eigenvalue weighted by molar-refractivity contribution is 7.17. The molecular weight excluding hydrogens is 865 g/mol. The lowest BCUT2D eigenvalue weighted by atomic mass is 9.99. The lowest BCUT2D eigenvalue weighted by Crippen LogP contribution is -2.09. The van der Waals surface area contributed by atoms with Crippen molar-refractivity contribution in [1.82, 2.24) is 0 Å². The molecular formula is C55H36N2OS5. The molecule has 63 heavy (non-hydrogen) atoms. The van der Waals surface area contributed by atoms with Gasteiger partial charge in [0.15, 0.2) is 5.78 Å². The van der Waals surface area contributed by atoms with Gasteiger partial charge in [-0.05, 0) is 155 Å². The summed E-state index contributed by atoms with van der Waals surface area (Å²) in [7, 11) is 0. The largest absolute Gasteiger partial charge is 0.311 e. The van der Waals surface area contributed by atoms with Crippen molar-refractivity contribution in [2.75, 3.05) is 4.90 Å². The van der Waals surface area contributed by atoms with E-state index in [-0.39, 0.29) is 5.78 Å². The van der Waals surface area contributed by atoms with E-state index in [9.17, 15) is 10.1 Å². The van der Waals surface area contributed by atoms with E-state index in [1.807, 2.05) is 30.3 Å². The van der Waals surface area contributed by atoms with Crippen LogP contribution in [0.1, 0.15) is 47.2 Å². The number of rotatable bonds is 11. The minimum Gasteiger partial charge on any atom is -0.311 e. The molecule has 0 atom stereocenters. The van der Waals surface area contributed by atoms with Crippen LogP contribution in [0.4, 0.5) is 17.1 Å². The fraction of sp³-hybridized carbons (Fsp3) is 0.0182. The minimum absolute atomic E-state index is 0.0417. The Balaban J connectivity index is 0.940. The minimum atomic E-state index is -0.0417. The predicted octanol–water partition coefficient (Wildman–Crippen LogP) is 17.4. The van der Waals surface area contributed by atoms with E-state index in [2.05, 4.69) is 179 Å². The van der Waals surface area contributed by atoms with Crippen molar-refractivity contribution in [2.24, 2.45) is 0 Å². The van der Waals surface area contributed by atoms with Crippen molar-refractivity contribution in [2.45, 2.75) is 6.92 Å². The maximum absolute atomic E-state index is 13.5. The smallest absolute Gasteiger partial charge is 0.194 e. The molecule has 1 aliphatic carbocycles. The third-order valence-corrected chi connectivity index (χ3v) is 15.8. The van der Waals surface area contributed by atoms with Gasteiger partial charge in [0.05, 0.1) is 6.07 Å². The number of nitrogens with zero attached hydrogens (tertiary/aromatic N) is 2. The molecule has 0 amide bonds. The number of Topliss-reactive ketones (excluding diaryl/α,β-unsaturated/α-hetero) is 1. The predicted molar refractivity (Wildman–Crippen MR) is 275 cm³/mol. The van der Waals surface area contributed by atoms with Gasteiger partial charge in [-0.1, -0.05) is 72.8 Å². The van der Waals surface area contributed by atoms with Gasteiger partial charge in [-0.15, -0.1) is 56.7 Å². The zero-order chi connectivity index (χ0) is 42.7. The molecule has 0 unspecified atom stereocenters. The summed E-state index contributed by atoms with van der Waals surface area (Å²) in [6.45, 7) is 1.78. The Kier molecular flexibility index (Phi) is 11.5. The third-order valence-electron chi connectivity index (χ3n) is 10.8. The molecule has 0 spiro atoms. The average molecular weight is 901 g/mol. The Hall–Kier alpha value is -6.70. The van der Waals surface area contributed by atoms with Gasteiger partial charge in [0.1, 0.15) is 0 Å². The van der Waals surface area contributed by atoms with Gasteiger partial charge >= 0.3 is 0 Å². The zero-order valence-electron chi connectivity index (χ0n) is 33.9. The molecule has 0 N–H and O–H groups in total. The number of nitriles is 1. The first-order valence-corrected chi connectivity index (χ1v) is 24.5. The van der Waals surface area contributed by atoms with Crippen LogP contribution in [0.3, 0.4) is 0 Å². The highest BCUT2D eigenvalue weighted by atomic mass is 32.1. The molecule has 302 valence electrons. The Morgan fingerprint density at radius 2 is 0.921 bits per heavy atom. The number of benzene rings is 4. The van der Waals surface area contributed by atoms with Crippen molar-refractivity contribution in [3.63, 3.8) is 0 Å². The van der Waals surface area contributed by atoms with Crippen molar-refractivity contribution < 1.29 is 4.79 Å². The summed E-state index contributed by atoms with van der Waals surface area (Å²) in [5, 5.41) is 14.0. The average Bonchev–Trinajstić information content (AvgIpc) is 4.20. The number of ketones is 1. The normalized spacial score (nSPS) is 13.9. The number of carbonyl (C=O) groups excluding carboxylic acids is 1. The Labute approximate surface area is 387 Å². The number of allylic oxidation sites excluding steroid dienone is 3. The Morgan fingerprint density at radius 3 is 1.37 bits per heavy atom. The molecule has 0 fully saturated rings. The first-order chi connectivity index (χ1) is 31.0. The summed E-state index contributed by atoms with van der Waals surface area (Å²) in [6.07, 6.45) is 10.7. The molecule has 0 bridgehead atoms. The number of hydrogen-bond donors (Lipinski definition) is 0. The van der Waals surface area contributed by atoms with Crippen molar-refractivity contribution in [3.8, 4) is 37.4 Å². The van der Waals surface area contributed by atoms with E-state index in [1.165, 1.54) is 40.4 Å². The third kappa shape index (κ3) is 8.58. The van der Waals surface area contributed by atoms with E-state index in [4.69, 9.17) is 0 Å². The molecule has 0 aliphatic heterocycles. The van der Waals surface area contributed by atoms with Crippen molar-refractivity contribution in [1.29, 1.82) is 5.26 Å². The van der Waals surface area contributed by atoms with Crippen LogP contribution in [0, 0.1) is 11.3 Å². The quantitative estimate of drug-likeness (QED) is 0.0959. The second-order valence-electron chi connectivity index (χ2n) is 14.8. The van der Waals surface area contributed by atoms with Gasteiger partial charge < -0.3 is 4.90 Å². The molecule has 0 saturated heterocycles. The van der Waals surface area contributed by atoms with Gasteiger partial charge in [-0.25, -0.2) is 0 Å². The molecule has 0 saturated carbocycles. The van der Waals surface area contributed by atoms with Crippen LogP contribution >= 0.6 is 56.7 Å². The van der Waals surface area contributed by atoms with Crippen LogP contribution in [-0.2, 0) is 0 Å². The molecule has 5 heterocycles. The molecule has 4 aromatic carbocycles. The van der Waals surface area contributed by atoms with Gasteiger partial charge in [0.25, 0.3) is 0 Å². The summed E-state index contributed by atoms with van der Waals surface area (Å²) >= 11 is 8.71. The molecule has 0 radical (unpaired) electrons. The van der Waals surface area contributed by atoms with E-state index in [1.54, 1.807) is 63.6 Å². The number of fused-ring (bicyclic) bond motifs is 1. The van der Waals surface area contributed by atoms with E-state index < -0.39 is 0 Å². The van der Waals surface area contributed by atoms with Crippen LogP contribution in [-0.4, -0.2) is 5.78 Å². The molecule has 5 aromatic heterocycles. The van der Waals surface area contributed by atoms with E-state index in [0.29, 0.717) is 16.7 Å². The van der Waals surface area contributed by atoms with E-state index >= 15 is 0 Å². The van der Waals surface area contributed by atoms with Crippen molar-refractivity contribution in [3.05, 3.63) is 215 Å². The summed E-state index contributed by atoms with van der Waals surface area (Å²) in [5.41, 5.74) is 9.94. The highest BCUT2D eigenvalue weighted by Crippen LogP contribution is 2.43.